The van der Waals surface area contributed by atoms with Gasteiger partial charge in [0.05, 0.1) is 0 Å². The van der Waals surface area contributed by atoms with Gasteiger partial charge in [0.15, 0.2) is 5.78 Å². The summed E-state index contributed by atoms with van der Waals surface area (Å²) in [5.41, 5.74) is 1.37. The van der Waals surface area contributed by atoms with Gasteiger partial charge in [-0.2, -0.15) is 0 Å². The fraction of sp³-hybridized carbons (Fsp3) is 0.727. The van der Waals surface area contributed by atoms with Gasteiger partial charge in [0, 0.05) is 5.92 Å². The molecule has 0 spiro atoms. The molecular weight excluding hydrogens is 148 g/mol. The highest BCUT2D eigenvalue weighted by Crippen LogP contribution is 2.58. The molecule has 0 saturated heterocycles. The van der Waals surface area contributed by atoms with Gasteiger partial charge in [-0.3, -0.25) is 4.79 Å². The number of ketones is 1. The van der Waals surface area contributed by atoms with Crippen LogP contribution in [0.1, 0.15) is 33.6 Å². The zero-order chi connectivity index (χ0) is 8.93. The van der Waals surface area contributed by atoms with Gasteiger partial charge >= 0.3 is 0 Å². The van der Waals surface area contributed by atoms with Gasteiger partial charge in [-0.25, -0.2) is 0 Å². The van der Waals surface area contributed by atoms with E-state index in [0.29, 0.717) is 17.1 Å². The molecule has 0 radical (unpaired) electrons. The third-order valence-corrected chi connectivity index (χ3v) is 3.92. The molecule has 2 bridgehead atoms. The van der Waals surface area contributed by atoms with Crippen LogP contribution in [-0.2, 0) is 4.79 Å². The molecule has 1 heteroatoms. The summed E-state index contributed by atoms with van der Waals surface area (Å²) in [5, 5.41) is 0. The maximum atomic E-state index is 11.7. The Morgan fingerprint density at radius 3 is 2.58 bits per heavy atom. The number of allylic oxidation sites excluding steroid dienone is 2. The van der Waals surface area contributed by atoms with E-state index < -0.39 is 0 Å². The summed E-state index contributed by atoms with van der Waals surface area (Å²) < 4.78 is 0. The predicted octanol–water partition coefficient (Wildman–Crippen LogP) is 2.57. The molecule has 0 aliphatic heterocycles. The van der Waals surface area contributed by atoms with Crippen LogP contribution in [0.5, 0.6) is 0 Å². The van der Waals surface area contributed by atoms with Crippen LogP contribution in [0, 0.1) is 17.3 Å². The number of hydrogen-bond acceptors (Lipinski definition) is 1. The molecule has 0 aromatic rings. The Balaban J connectivity index is 2.28. The second-order valence-corrected chi connectivity index (χ2v) is 4.69. The van der Waals surface area contributed by atoms with Crippen molar-refractivity contribution in [3.63, 3.8) is 0 Å². The smallest absolute Gasteiger partial charge is 0.162 e. The van der Waals surface area contributed by atoms with Crippen molar-refractivity contribution in [1.29, 1.82) is 0 Å². The summed E-state index contributed by atoms with van der Waals surface area (Å²) >= 11 is 0. The molecule has 0 aromatic heterocycles. The van der Waals surface area contributed by atoms with Gasteiger partial charge in [-0.15, -0.1) is 0 Å². The van der Waals surface area contributed by atoms with Crippen molar-refractivity contribution in [2.45, 2.75) is 33.6 Å². The molecule has 3 aliphatic rings. The number of Topliss-reactive ketones (excluding diaryl/α,β-unsaturated/α-hetero) is 1. The third-order valence-electron chi connectivity index (χ3n) is 3.92. The van der Waals surface area contributed by atoms with Gasteiger partial charge in [0.25, 0.3) is 0 Å². The Kier molecular flexibility index (Phi) is 1.48. The van der Waals surface area contributed by atoms with Crippen molar-refractivity contribution < 1.29 is 4.79 Å². The first-order valence-electron chi connectivity index (χ1n) is 4.76. The quantitative estimate of drug-likeness (QED) is 0.503. The highest BCUT2D eigenvalue weighted by Gasteiger charge is 2.55. The van der Waals surface area contributed by atoms with E-state index in [2.05, 4.69) is 13.8 Å². The lowest BCUT2D eigenvalue weighted by molar-refractivity contribution is -0.140. The van der Waals surface area contributed by atoms with Crippen LogP contribution in [0.4, 0.5) is 0 Å². The maximum absolute atomic E-state index is 11.7. The van der Waals surface area contributed by atoms with Crippen LogP contribution in [0.3, 0.4) is 0 Å². The van der Waals surface area contributed by atoms with E-state index in [-0.39, 0.29) is 0 Å². The molecule has 66 valence electrons. The van der Waals surface area contributed by atoms with Crippen LogP contribution >= 0.6 is 0 Å². The second kappa shape index (κ2) is 2.21. The molecule has 3 fully saturated rings. The van der Waals surface area contributed by atoms with Crippen LogP contribution in [0.15, 0.2) is 11.6 Å². The number of carbonyl (C=O) groups excluding carboxylic acids is 1. The van der Waals surface area contributed by atoms with Crippen molar-refractivity contribution in [3.8, 4) is 0 Å². The maximum Gasteiger partial charge on any atom is 0.162 e. The number of hydrogen-bond donors (Lipinski definition) is 0. The van der Waals surface area contributed by atoms with E-state index in [1.807, 2.05) is 13.0 Å². The summed E-state index contributed by atoms with van der Waals surface area (Å²) in [5.74, 6) is 1.53. The van der Waals surface area contributed by atoms with Gasteiger partial charge in [-0.1, -0.05) is 19.9 Å². The Bertz CT molecular complexity index is 260. The monoisotopic (exact) mass is 164 g/mol. The van der Waals surface area contributed by atoms with Crippen LogP contribution in [0.25, 0.3) is 0 Å². The fourth-order valence-electron chi connectivity index (χ4n) is 2.66. The fourth-order valence-corrected chi connectivity index (χ4v) is 2.66. The van der Waals surface area contributed by atoms with E-state index in [1.54, 1.807) is 0 Å². The summed E-state index contributed by atoms with van der Waals surface area (Å²) in [6.45, 7) is 6.44. The molecule has 2 unspecified atom stereocenters. The number of rotatable bonds is 0. The molecule has 0 heterocycles. The van der Waals surface area contributed by atoms with E-state index in [4.69, 9.17) is 0 Å². The topological polar surface area (TPSA) is 17.1 Å². The van der Waals surface area contributed by atoms with E-state index >= 15 is 0 Å². The molecule has 3 aliphatic carbocycles. The van der Waals surface area contributed by atoms with Crippen LogP contribution in [-0.4, -0.2) is 5.78 Å². The predicted molar refractivity (Wildman–Crippen MR) is 48.8 cm³/mol. The van der Waals surface area contributed by atoms with E-state index in [9.17, 15) is 4.79 Å². The first-order valence-corrected chi connectivity index (χ1v) is 4.76. The number of fused-ring (bicyclic) bond motifs is 2. The average molecular weight is 164 g/mol. The van der Waals surface area contributed by atoms with Crippen molar-refractivity contribution >= 4 is 5.78 Å². The van der Waals surface area contributed by atoms with Gasteiger partial charge in [-0.05, 0) is 36.7 Å². The van der Waals surface area contributed by atoms with Crippen molar-refractivity contribution in [3.05, 3.63) is 11.6 Å². The Morgan fingerprint density at radius 1 is 1.50 bits per heavy atom. The minimum Gasteiger partial charge on any atom is -0.294 e. The zero-order valence-electron chi connectivity index (χ0n) is 8.05. The lowest BCUT2D eigenvalue weighted by Gasteiger charge is -2.55. The first-order chi connectivity index (χ1) is 5.57. The lowest BCUT2D eigenvalue weighted by atomic mass is 9.47. The normalized spacial score (nSPS) is 41.2. The van der Waals surface area contributed by atoms with Gasteiger partial charge in [0.2, 0.25) is 0 Å². The third kappa shape index (κ3) is 0.769. The SMILES string of the molecule is C/C=C1\CC2CC(C1=O)C2(C)C. The van der Waals surface area contributed by atoms with Crippen LogP contribution < -0.4 is 0 Å². The first kappa shape index (κ1) is 8.03. The summed E-state index contributed by atoms with van der Waals surface area (Å²) in [6, 6.07) is 0. The Hall–Kier alpha value is -0.590. The van der Waals surface area contributed by atoms with E-state index in [1.165, 1.54) is 0 Å². The molecule has 12 heavy (non-hydrogen) atoms. The molecule has 2 atom stereocenters. The molecule has 3 rings (SSSR count). The molecule has 1 nitrogen and oxygen atoms in total. The van der Waals surface area contributed by atoms with Crippen LogP contribution in [0.2, 0.25) is 0 Å². The highest BCUT2D eigenvalue weighted by atomic mass is 16.1. The Labute approximate surface area is 73.8 Å². The standard InChI is InChI=1S/C11H16O/c1-4-7-5-8-6-9(10(7)12)11(8,2)3/h4,8-9H,5-6H2,1-3H3/b7-4+. The van der Waals surface area contributed by atoms with E-state index in [0.717, 1.165) is 24.3 Å². The molecule has 0 amide bonds. The zero-order valence-corrected chi connectivity index (χ0v) is 8.05. The largest absolute Gasteiger partial charge is 0.294 e. The molecular formula is C11H16O. The van der Waals surface area contributed by atoms with Crippen molar-refractivity contribution in [1.82, 2.24) is 0 Å². The summed E-state index contributed by atoms with van der Waals surface area (Å²) in [7, 11) is 0. The Morgan fingerprint density at radius 2 is 2.17 bits per heavy atom. The summed E-state index contributed by atoms with van der Waals surface area (Å²) in [4.78, 5) is 11.7. The minimum atomic E-state index is 0.295. The molecule has 3 saturated carbocycles. The second-order valence-electron chi connectivity index (χ2n) is 4.69. The average Bonchev–Trinajstić information content (AvgIpc) is 2.03. The minimum absolute atomic E-state index is 0.295. The highest BCUT2D eigenvalue weighted by molar-refractivity contribution is 5.99. The van der Waals surface area contributed by atoms with Crippen molar-refractivity contribution in [2.24, 2.45) is 17.3 Å². The number of carbonyl (C=O) groups is 1. The summed E-state index contributed by atoms with van der Waals surface area (Å²) in [6.07, 6.45) is 4.17. The lowest BCUT2D eigenvalue weighted by Crippen LogP contribution is -2.53. The van der Waals surface area contributed by atoms with Crippen molar-refractivity contribution in [2.75, 3.05) is 0 Å². The van der Waals surface area contributed by atoms with Gasteiger partial charge in [0.1, 0.15) is 0 Å². The van der Waals surface area contributed by atoms with Gasteiger partial charge < -0.3 is 0 Å². The molecule has 0 aromatic carbocycles. The molecule has 0 N–H and O–H groups in total.